The van der Waals surface area contributed by atoms with Gasteiger partial charge in [0.05, 0.1) is 11.1 Å². The van der Waals surface area contributed by atoms with Crippen LogP contribution in [0.2, 0.25) is 0 Å². The zero-order chi connectivity index (χ0) is 22.9. The largest absolute Gasteiger partial charge is 0.454 e. The van der Waals surface area contributed by atoms with E-state index in [0.717, 1.165) is 51.6 Å². The molecule has 0 fully saturated rings. The Morgan fingerprint density at radius 2 is 1.61 bits per heavy atom. The quantitative estimate of drug-likeness (QED) is 0.265. The second-order valence-corrected chi connectivity index (χ2v) is 10.2. The molecule has 164 valence electrons. The van der Waals surface area contributed by atoms with E-state index in [0.29, 0.717) is 11.1 Å². The summed E-state index contributed by atoms with van der Waals surface area (Å²) in [4.78, 5) is 0. The summed E-state index contributed by atoms with van der Waals surface area (Å²) in [6.07, 6.45) is 4.00. The fourth-order valence-electron chi connectivity index (χ4n) is 5.63. The maximum Gasteiger partial charge on any atom is 0.216 e. The standard InChI is InChI=1S/C30H27FNO/c1-18-11-12-21-22-13-14-24(31)27(20-9-7-8-19-16-30(2,3)17-23(19)20)29(22)33-28(21)26(18)25-10-5-6-15-32(25)4/h5-15H,16-17H2,1-4H3/q+1. The van der Waals surface area contributed by atoms with Crippen LogP contribution < -0.4 is 4.57 Å². The number of aryl methyl sites for hydroxylation is 2. The number of benzene rings is 3. The lowest BCUT2D eigenvalue weighted by Crippen LogP contribution is -2.30. The molecule has 1 aliphatic carbocycles. The van der Waals surface area contributed by atoms with E-state index in [1.807, 2.05) is 31.4 Å². The molecular weight excluding hydrogens is 409 g/mol. The summed E-state index contributed by atoms with van der Waals surface area (Å²) in [5.74, 6) is -0.233. The molecule has 0 spiro atoms. The average Bonchev–Trinajstić information content (AvgIpc) is 3.30. The fourth-order valence-corrected chi connectivity index (χ4v) is 5.63. The van der Waals surface area contributed by atoms with Gasteiger partial charge in [-0.25, -0.2) is 8.96 Å². The molecule has 1 aliphatic rings. The maximum absolute atomic E-state index is 15.5. The van der Waals surface area contributed by atoms with Crippen LogP contribution in [-0.4, -0.2) is 0 Å². The van der Waals surface area contributed by atoms with Crippen molar-refractivity contribution in [3.8, 4) is 22.4 Å². The molecule has 0 radical (unpaired) electrons. The molecule has 0 saturated heterocycles. The molecule has 0 amide bonds. The van der Waals surface area contributed by atoms with E-state index < -0.39 is 0 Å². The van der Waals surface area contributed by atoms with Crippen molar-refractivity contribution in [3.05, 3.63) is 89.4 Å². The van der Waals surface area contributed by atoms with Crippen LogP contribution in [0.15, 0.2) is 71.3 Å². The van der Waals surface area contributed by atoms with Gasteiger partial charge in [-0.3, -0.25) is 0 Å². The third-order valence-corrected chi connectivity index (χ3v) is 7.14. The number of pyridine rings is 1. The van der Waals surface area contributed by atoms with E-state index in [9.17, 15) is 0 Å². The SMILES string of the molecule is Cc1ccc2c(oc3c(-c4cccc5c4CC(C)(C)C5)c(F)ccc32)c1-c1cccc[n+]1C. The Morgan fingerprint density at radius 3 is 2.39 bits per heavy atom. The zero-order valence-corrected chi connectivity index (χ0v) is 19.5. The molecule has 0 unspecified atom stereocenters. The molecule has 5 aromatic rings. The van der Waals surface area contributed by atoms with Crippen LogP contribution in [0.3, 0.4) is 0 Å². The Hall–Kier alpha value is -3.46. The summed E-state index contributed by atoms with van der Waals surface area (Å²) in [7, 11) is 2.04. The normalized spacial score (nSPS) is 14.8. The fraction of sp³-hybridized carbons (Fsp3) is 0.233. The highest BCUT2D eigenvalue weighted by atomic mass is 19.1. The van der Waals surface area contributed by atoms with Gasteiger partial charge in [-0.05, 0) is 65.6 Å². The van der Waals surface area contributed by atoms with Gasteiger partial charge in [0.25, 0.3) is 0 Å². The van der Waals surface area contributed by atoms with Crippen molar-refractivity contribution < 1.29 is 13.4 Å². The first-order chi connectivity index (χ1) is 15.8. The van der Waals surface area contributed by atoms with Crippen molar-refractivity contribution in [2.45, 2.75) is 33.6 Å². The number of halogens is 1. The summed E-state index contributed by atoms with van der Waals surface area (Å²) in [5.41, 5.74) is 9.00. The van der Waals surface area contributed by atoms with Gasteiger partial charge in [0.2, 0.25) is 5.69 Å². The molecule has 0 bridgehead atoms. The minimum atomic E-state index is -0.233. The zero-order valence-electron chi connectivity index (χ0n) is 19.5. The van der Waals surface area contributed by atoms with E-state index >= 15 is 4.39 Å². The molecule has 0 atom stereocenters. The molecule has 0 aliphatic heterocycles. The predicted molar refractivity (Wildman–Crippen MR) is 132 cm³/mol. The van der Waals surface area contributed by atoms with Gasteiger partial charge in [-0.2, -0.15) is 0 Å². The number of hydrogen-bond acceptors (Lipinski definition) is 1. The molecule has 0 N–H and O–H groups in total. The third-order valence-electron chi connectivity index (χ3n) is 7.14. The Kier molecular flexibility index (Phi) is 4.29. The summed E-state index contributed by atoms with van der Waals surface area (Å²) in [6.45, 7) is 6.66. The highest BCUT2D eigenvalue weighted by molar-refractivity contribution is 6.13. The number of hydrogen-bond donors (Lipinski definition) is 0. The summed E-state index contributed by atoms with van der Waals surface area (Å²) < 4.78 is 24.2. The van der Waals surface area contributed by atoms with Gasteiger partial charge in [0.15, 0.2) is 6.20 Å². The van der Waals surface area contributed by atoms with E-state index in [2.05, 4.69) is 61.7 Å². The van der Waals surface area contributed by atoms with Gasteiger partial charge in [-0.15, -0.1) is 0 Å². The van der Waals surface area contributed by atoms with Crippen LogP contribution in [0, 0.1) is 18.2 Å². The summed E-state index contributed by atoms with van der Waals surface area (Å²) >= 11 is 0. The molecule has 6 rings (SSSR count). The van der Waals surface area contributed by atoms with Gasteiger partial charge in [0, 0.05) is 22.9 Å². The highest BCUT2D eigenvalue weighted by Crippen LogP contribution is 2.46. The van der Waals surface area contributed by atoms with Crippen LogP contribution in [0.1, 0.15) is 30.5 Å². The molecule has 33 heavy (non-hydrogen) atoms. The van der Waals surface area contributed by atoms with Gasteiger partial charge < -0.3 is 4.42 Å². The topological polar surface area (TPSA) is 17.0 Å². The number of fused-ring (bicyclic) bond motifs is 4. The number of rotatable bonds is 2. The van der Waals surface area contributed by atoms with E-state index in [1.165, 1.54) is 11.1 Å². The lowest BCUT2D eigenvalue weighted by Gasteiger charge is -2.15. The molecule has 3 heteroatoms. The lowest BCUT2D eigenvalue weighted by molar-refractivity contribution is -0.660. The van der Waals surface area contributed by atoms with Crippen molar-refractivity contribution in [3.63, 3.8) is 0 Å². The molecule has 0 saturated carbocycles. The Labute approximate surface area is 193 Å². The maximum atomic E-state index is 15.5. The highest BCUT2D eigenvalue weighted by Gasteiger charge is 2.32. The van der Waals surface area contributed by atoms with Crippen LogP contribution in [0.5, 0.6) is 0 Å². The number of furan rings is 1. The van der Waals surface area contributed by atoms with Crippen LogP contribution in [0.25, 0.3) is 44.3 Å². The predicted octanol–water partition coefficient (Wildman–Crippen LogP) is 7.32. The second kappa shape index (κ2) is 7.02. The van der Waals surface area contributed by atoms with E-state index in [-0.39, 0.29) is 11.2 Å². The second-order valence-electron chi connectivity index (χ2n) is 10.2. The van der Waals surface area contributed by atoms with Crippen molar-refractivity contribution in [2.75, 3.05) is 0 Å². The average molecular weight is 437 g/mol. The van der Waals surface area contributed by atoms with Gasteiger partial charge in [-0.1, -0.05) is 44.2 Å². The van der Waals surface area contributed by atoms with E-state index in [1.54, 1.807) is 6.07 Å². The molecule has 3 aromatic carbocycles. The minimum Gasteiger partial charge on any atom is -0.454 e. The first kappa shape index (κ1) is 20.2. The summed E-state index contributed by atoms with van der Waals surface area (Å²) in [6, 6.07) is 20.1. The molecular formula is C30H27FNO+. The van der Waals surface area contributed by atoms with Gasteiger partial charge in [0.1, 0.15) is 24.0 Å². The summed E-state index contributed by atoms with van der Waals surface area (Å²) in [5, 5.41) is 1.97. The van der Waals surface area contributed by atoms with Crippen LogP contribution >= 0.6 is 0 Å². The van der Waals surface area contributed by atoms with Crippen molar-refractivity contribution >= 4 is 21.9 Å². The first-order valence-corrected chi connectivity index (χ1v) is 11.5. The number of nitrogens with zero attached hydrogens (tertiary/aromatic N) is 1. The van der Waals surface area contributed by atoms with Crippen molar-refractivity contribution in [1.82, 2.24) is 0 Å². The lowest BCUT2D eigenvalue weighted by atomic mass is 9.89. The Bertz CT molecular complexity index is 1570. The smallest absolute Gasteiger partial charge is 0.216 e. The van der Waals surface area contributed by atoms with E-state index in [4.69, 9.17) is 4.42 Å². The minimum absolute atomic E-state index is 0.184. The van der Waals surface area contributed by atoms with Gasteiger partial charge >= 0.3 is 0 Å². The van der Waals surface area contributed by atoms with Crippen molar-refractivity contribution in [2.24, 2.45) is 12.5 Å². The van der Waals surface area contributed by atoms with Crippen LogP contribution in [-0.2, 0) is 19.9 Å². The first-order valence-electron chi connectivity index (χ1n) is 11.5. The van der Waals surface area contributed by atoms with Crippen LogP contribution in [0.4, 0.5) is 4.39 Å². The monoisotopic (exact) mass is 436 g/mol. The third kappa shape index (κ3) is 3.02. The molecule has 2 aromatic heterocycles. The number of aromatic nitrogens is 1. The molecule has 2 nitrogen and oxygen atoms in total. The Balaban J connectivity index is 1.69. The Morgan fingerprint density at radius 1 is 0.848 bits per heavy atom. The van der Waals surface area contributed by atoms with Crippen molar-refractivity contribution in [1.29, 1.82) is 0 Å². The molecule has 2 heterocycles.